The van der Waals surface area contributed by atoms with Crippen molar-refractivity contribution in [3.05, 3.63) is 36.0 Å². The molecule has 3 heteroatoms. The molecule has 2 aromatic rings. The number of hydrogen-bond donors (Lipinski definition) is 1. The standard InChI is InChI=1S/C13H15N3.C6H14/c1-16-8-2-3-11-9-10(4-5-13(11)16)12-6-7-14-15-12;1-3-5-6-4-2/h4-7,9H,2-3,8H2,1H3,(H,14,15);3-6H2,1-2H3. The van der Waals surface area contributed by atoms with Crippen LogP contribution >= 0.6 is 0 Å². The zero-order chi connectivity index (χ0) is 15.8. The van der Waals surface area contributed by atoms with Crippen molar-refractivity contribution < 1.29 is 0 Å². The Balaban J connectivity index is 0.000000254. The number of aryl methyl sites for hydroxylation is 1. The molecular weight excluding hydrogens is 270 g/mol. The maximum atomic E-state index is 3.99. The van der Waals surface area contributed by atoms with Crippen LogP contribution in [-0.4, -0.2) is 23.8 Å². The summed E-state index contributed by atoms with van der Waals surface area (Å²) in [6, 6.07) is 8.66. The number of rotatable bonds is 4. The number of benzene rings is 1. The van der Waals surface area contributed by atoms with E-state index in [2.05, 4.69) is 54.2 Å². The van der Waals surface area contributed by atoms with Gasteiger partial charge in [-0.3, -0.25) is 5.10 Å². The molecule has 0 saturated heterocycles. The van der Waals surface area contributed by atoms with Gasteiger partial charge < -0.3 is 4.90 Å². The van der Waals surface area contributed by atoms with Crippen LogP contribution < -0.4 is 4.90 Å². The van der Waals surface area contributed by atoms with Gasteiger partial charge in [-0.15, -0.1) is 0 Å². The summed E-state index contributed by atoms with van der Waals surface area (Å²) in [5.74, 6) is 0. The molecule has 1 aliphatic heterocycles. The summed E-state index contributed by atoms with van der Waals surface area (Å²) < 4.78 is 0. The van der Waals surface area contributed by atoms with Gasteiger partial charge >= 0.3 is 0 Å². The molecule has 0 saturated carbocycles. The molecular formula is C19H29N3. The predicted molar refractivity (Wildman–Crippen MR) is 95.4 cm³/mol. The average molecular weight is 299 g/mol. The van der Waals surface area contributed by atoms with E-state index in [1.807, 2.05) is 6.07 Å². The monoisotopic (exact) mass is 299 g/mol. The Bertz CT molecular complexity index is 542. The smallest absolute Gasteiger partial charge is 0.0650 e. The third-order valence-corrected chi connectivity index (χ3v) is 4.20. The molecule has 0 fully saturated rings. The van der Waals surface area contributed by atoms with Crippen molar-refractivity contribution in [3.63, 3.8) is 0 Å². The van der Waals surface area contributed by atoms with Crippen molar-refractivity contribution in [2.45, 2.75) is 52.4 Å². The molecule has 1 N–H and O–H groups in total. The number of fused-ring (bicyclic) bond motifs is 1. The molecule has 0 amide bonds. The number of unbranched alkanes of at least 4 members (excludes halogenated alkanes) is 3. The normalized spacial score (nSPS) is 13.3. The van der Waals surface area contributed by atoms with Gasteiger partial charge in [0.1, 0.15) is 0 Å². The summed E-state index contributed by atoms with van der Waals surface area (Å²) in [4.78, 5) is 2.33. The first-order valence-corrected chi connectivity index (χ1v) is 8.60. The van der Waals surface area contributed by atoms with E-state index in [0.29, 0.717) is 0 Å². The Labute approximate surface area is 134 Å². The SMILES string of the molecule is CCCCCC.CN1CCCc2cc(-c3ccn[nH]3)ccc21. The maximum Gasteiger partial charge on any atom is 0.0650 e. The van der Waals surface area contributed by atoms with E-state index in [4.69, 9.17) is 0 Å². The zero-order valence-corrected chi connectivity index (χ0v) is 14.2. The third-order valence-electron chi connectivity index (χ3n) is 4.20. The zero-order valence-electron chi connectivity index (χ0n) is 14.2. The second-order valence-corrected chi connectivity index (χ2v) is 6.05. The fourth-order valence-electron chi connectivity index (χ4n) is 2.87. The minimum absolute atomic E-state index is 1.09. The molecule has 0 radical (unpaired) electrons. The lowest BCUT2D eigenvalue weighted by molar-refractivity contribution is 0.702. The molecule has 1 aliphatic rings. The van der Waals surface area contributed by atoms with Gasteiger partial charge in [0.25, 0.3) is 0 Å². The summed E-state index contributed by atoms with van der Waals surface area (Å²) in [5, 5.41) is 7.00. The minimum Gasteiger partial charge on any atom is -0.374 e. The Kier molecular flexibility index (Phi) is 6.50. The highest BCUT2D eigenvalue weighted by molar-refractivity contribution is 5.67. The van der Waals surface area contributed by atoms with Gasteiger partial charge in [0, 0.05) is 25.5 Å². The summed E-state index contributed by atoms with van der Waals surface area (Å²) in [6.07, 6.45) is 9.76. The van der Waals surface area contributed by atoms with Crippen LogP contribution in [-0.2, 0) is 6.42 Å². The Morgan fingerprint density at radius 3 is 2.55 bits per heavy atom. The van der Waals surface area contributed by atoms with Gasteiger partial charge in [0.05, 0.1) is 5.69 Å². The maximum absolute atomic E-state index is 3.99. The molecule has 0 unspecified atom stereocenters. The molecule has 2 heterocycles. The number of aromatic nitrogens is 2. The van der Waals surface area contributed by atoms with Crippen molar-refractivity contribution in [3.8, 4) is 11.3 Å². The largest absolute Gasteiger partial charge is 0.374 e. The van der Waals surface area contributed by atoms with Crippen LogP contribution in [0.3, 0.4) is 0 Å². The van der Waals surface area contributed by atoms with Crippen molar-refractivity contribution in [1.29, 1.82) is 0 Å². The summed E-state index contributed by atoms with van der Waals surface area (Å²) in [5.41, 5.74) is 5.14. The quantitative estimate of drug-likeness (QED) is 0.801. The number of nitrogens with one attached hydrogen (secondary N) is 1. The van der Waals surface area contributed by atoms with Crippen molar-refractivity contribution in [2.75, 3.05) is 18.5 Å². The molecule has 0 aliphatic carbocycles. The molecule has 22 heavy (non-hydrogen) atoms. The molecule has 1 aromatic heterocycles. The second kappa shape index (κ2) is 8.62. The lowest BCUT2D eigenvalue weighted by atomic mass is 9.98. The third kappa shape index (κ3) is 4.36. The summed E-state index contributed by atoms with van der Waals surface area (Å²) in [7, 11) is 2.16. The van der Waals surface area contributed by atoms with E-state index in [-0.39, 0.29) is 0 Å². The number of hydrogen-bond acceptors (Lipinski definition) is 2. The molecule has 0 bridgehead atoms. The van der Waals surface area contributed by atoms with Crippen molar-refractivity contribution in [1.82, 2.24) is 10.2 Å². The van der Waals surface area contributed by atoms with E-state index in [0.717, 1.165) is 12.2 Å². The van der Waals surface area contributed by atoms with E-state index in [1.165, 1.54) is 55.3 Å². The molecule has 120 valence electrons. The van der Waals surface area contributed by atoms with Crippen molar-refractivity contribution >= 4 is 5.69 Å². The number of nitrogens with zero attached hydrogens (tertiary/aromatic N) is 2. The summed E-state index contributed by atoms with van der Waals surface area (Å²) in [6.45, 7) is 5.63. The lowest BCUT2D eigenvalue weighted by Gasteiger charge is -2.27. The molecule has 1 aromatic carbocycles. The minimum atomic E-state index is 1.09. The fourth-order valence-corrected chi connectivity index (χ4v) is 2.87. The van der Waals surface area contributed by atoms with E-state index < -0.39 is 0 Å². The topological polar surface area (TPSA) is 31.9 Å². The second-order valence-electron chi connectivity index (χ2n) is 6.05. The van der Waals surface area contributed by atoms with E-state index in [1.54, 1.807) is 6.20 Å². The Morgan fingerprint density at radius 2 is 1.91 bits per heavy atom. The predicted octanol–water partition coefficient (Wildman–Crippen LogP) is 5.05. The highest BCUT2D eigenvalue weighted by atomic mass is 15.1. The highest BCUT2D eigenvalue weighted by Crippen LogP contribution is 2.29. The van der Waals surface area contributed by atoms with Gasteiger partial charge in [-0.05, 0) is 42.2 Å². The van der Waals surface area contributed by atoms with Crippen LogP contribution in [0.5, 0.6) is 0 Å². The van der Waals surface area contributed by atoms with Gasteiger partial charge in [-0.2, -0.15) is 5.10 Å². The molecule has 0 atom stereocenters. The van der Waals surface area contributed by atoms with Crippen LogP contribution in [0.25, 0.3) is 11.3 Å². The molecule has 0 spiro atoms. The van der Waals surface area contributed by atoms with Gasteiger partial charge in [0.2, 0.25) is 0 Å². The first kappa shape index (κ1) is 16.6. The van der Waals surface area contributed by atoms with E-state index in [9.17, 15) is 0 Å². The highest BCUT2D eigenvalue weighted by Gasteiger charge is 2.14. The molecule has 3 nitrogen and oxygen atoms in total. The van der Waals surface area contributed by atoms with Crippen LogP contribution in [0.2, 0.25) is 0 Å². The molecule has 3 rings (SSSR count). The van der Waals surface area contributed by atoms with Gasteiger partial charge in [-0.1, -0.05) is 45.6 Å². The van der Waals surface area contributed by atoms with E-state index >= 15 is 0 Å². The first-order valence-electron chi connectivity index (χ1n) is 8.60. The van der Waals surface area contributed by atoms with Crippen LogP contribution in [0.15, 0.2) is 30.5 Å². The number of H-pyrrole nitrogens is 1. The van der Waals surface area contributed by atoms with Crippen LogP contribution in [0.1, 0.15) is 51.5 Å². The first-order chi connectivity index (χ1) is 10.8. The average Bonchev–Trinajstić information content (AvgIpc) is 3.08. The van der Waals surface area contributed by atoms with Gasteiger partial charge in [-0.25, -0.2) is 0 Å². The Morgan fingerprint density at radius 1 is 1.14 bits per heavy atom. The van der Waals surface area contributed by atoms with Crippen LogP contribution in [0, 0.1) is 0 Å². The van der Waals surface area contributed by atoms with Crippen LogP contribution in [0.4, 0.5) is 5.69 Å². The van der Waals surface area contributed by atoms with Gasteiger partial charge in [0.15, 0.2) is 0 Å². The number of anilines is 1. The lowest BCUT2D eigenvalue weighted by Crippen LogP contribution is -2.24. The van der Waals surface area contributed by atoms with Crippen molar-refractivity contribution in [2.24, 2.45) is 0 Å². The fraction of sp³-hybridized carbons (Fsp3) is 0.526. The summed E-state index contributed by atoms with van der Waals surface area (Å²) >= 11 is 0. The Hall–Kier alpha value is -1.77. The number of aromatic amines is 1.